The normalized spacial score (nSPS) is 11.7. The Hall–Kier alpha value is -2.33. The highest BCUT2D eigenvalue weighted by atomic mass is 16.5. The van der Waals surface area contributed by atoms with Gasteiger partial charge >= 0.3 is 5.97 Å². The van der Waals surface area contributed by atoms with Gasteiger partial charge in [-0.1, -0.05) is 42.5 Å². The van der Waals surface area contributed by atoms with Crippen molar-refractivity contribution in [1.82, 2.24) is 0 Å². The van der Waals surface area contributed by atoms with Crippen molar-refractivity contribution in [2.45, 2.75) is 6.04 Å². The van der Waals surface area contributed by atoms with Crippen LogP contribution in [0.2, 0.25) is 0 Å². The van der Waals surface area contributed by atoms with Crippen molar-refractivity contribution in [2.24, 2.45) is 5.73 Å². The molecule has 0 aliphatic carbocycles. The Morgan fingerprint density at radius 1 is 1.05 bits per heavy atom. The second-order valence-corrected chi connectivity index (χ2v) is 4.33. The summed E-state index contributed by atoms with van der Waals surface area (Å²) < 4.78 is 9.99. The maximum absolute atomic E-state index is 11.1. The number of ether oxygens (including phenoxy) is 2. The third kappa shape index (κ3) is 3.59. The van der Waals surface area contributed by atoms with Crippen LogP contribution in [0.25, 0.3) is 11.1 Å². The summed E-state index contributed by atoms with van der Waals surface area (Å²) in [6.07, 6.45) is 0. The van der Waals surface area contributed by atoms with Crippen LogP contribution in [0.5, 0.6) is 5.75 Å². The van der Waals surface area contributed by atoms with Crippen LogP contribution in [0.1, 0.15) is 0 Å². The number of nitrogens with two attached hydrogens (primary N) is 1. The van der Waals surface area contributed by atoms with Gasteiger partial charge in [0.25, 0.3) is 0 Å². The Morgan fingerprint density at radius 3 is 2.25 bits per heavy atom. The molecule has 0 spiro atoms. The lowest BCUT2D eigenvalue weighted by Gasteiger charge is -2.11. The second kappa shape index (κ2) is 6.73. The monoisotopic (exact) mass is 271 g/mol. The van der Waals surface area contributed by atoms with Crippen LogP contribution < -0.4 is 10.5 Å². The fourth-order valence-corrected chi connectivity index (χ4v) is 1.78. The summed E-state index contributed by atoms with van der Waals surface area (Å²) in [7, 11) is 1.30. The smallest absolute Gasteiger partial charge is 0.326 e. The number of rotatable bonds is 5. The minimum absolute atomic E-state index is 0.0946. The first-order chi connectivity index (χ1) is 9.70. The summed E-state index contributed by atoms with van der Waals surface area (Å²) in [6.45, 7) is 0.0946. The van der Waals surface area contributed by atoms with Crippen molar-refractivity contribution in [3.8, 4) is 16.9 Å². The van der Waals surface area contributed by atoms with Crippen LogP contribution in [0.3, 0.4) is 0 Å². The summed E-state index contributed by atoms with van der Waals surface area (Å²) in [5, 5.41) is 0. The number of hydrogen-bond acceptors (Lipinski definition) is 4. The molecule has 0 fully saturated rings. The zero-order valence-corrected chi connectivity index (χ0v) is 11.3. The van der Waals surface area contributed by atoms with Crippen LogP contribution in [0, 0.1) is 0 Å². The van der Waals surface area contributed by atoms with E-state index in [0.29, 0.717) is 5.75 Å². The predicted octanol–water partition coefficient (Wildman–Crippen LogP) is 2.23. The largest absolute Gasteiger partial charge is 0.491 e. The molecule has 4 nitrogen and oxygen atoms in total. The number of carbonyl (C=O) groups is 1. The zero-order chi connectivity index (χ0) is 14.4. The van der Waals surface area contributed by atoms with E-state index in [1.165, 1.54) is 7.11 Å². The van der Waals surface area contributed by atoms with Crippen LogP contribution >= 0.6 is 0 Å². The molecule has 0 aromatic heterocycles. The van der Waals surface area contributed by atoms with Crippen molar-refractivity contribution < 1.29 is 14.3 Å². The fraction of sp³-hybridized carbons (Fsp3) is 0.188. The average molecular weight is 271 g/mol. The molecule has 1 atom stereocenters. The molecular weight excluding hydrogens is 254 g/mol. The van der Waals surface area contributed by atoms with Gasteiger partial charge in [0.05, 0.1) is 7.11 Å². The van der Waals surface area contributed by atoms with Crippen molar-refractivity contribution in [1.29, 1.82) is 0 Å². The van der Waals surface area contributed by atoms with Crippen LogP contribution in [-0.4, -0.2) is 25.7 Å². The van der Waals surface area contributed by atoms with E-state index < -0.39 is 12.0 Å². The van der Waals surface area contributed by atoms with Crippen molar-refractivity contribution in [2.75, 3.05) is 13.7 Å². The van der Waals surface area contributed by atoms with Crippen molar-refractivity contribution >= 4 is 5.97 Å². The Bertz CT molecular complexity index is 552. The molecule has 2 N–H and O–H groups in total. The van der Waals surface area contributed by atoms with E-state index in [4.69, 9.17) is 10.5 Å². The molecule has 0 amide bonds. The number of hydrogen-bond donors (Lipinski definition) is 1. The minimum atomic E-state index is -0.770. The number of carbonyl (C=O) groups excluding carboxylic acids is 1. The fourth-order valence-electron chi connectivity index (χ4n) is 1.78. The Balaban J connectivity index is 1.97. The third-order valence-electron chi connectivity index (χ3n) is 2.89. The van der Waals surface area contributed by atoms with E-state index in [2.05, 4.69) is 4.74 Å². The number of esters is 1. The highest BCUT2D eigenvalue weighted by Gasteiger charge is 2.14. The summed E-state index contributed by atoms with van der Waals surface area (Å²) in [6, 6.07) is 16.9. The molecule has 0 saturated carbocycles. The standard InChI is InChI=1S/C16H17NO3/c1-19-16(18)15(17)11-20-14-9-7-13(8-10-14)12-5-3-2-4-6-12/h2-10,15H,11,17H2,1H3. The first-order valence-corrected chi connectivity index (χ1v) is 6.32. The van der Waals surface area contributed by atoms with E-state index in [9.17, 15) is 4.79 Å². The number of benzene rings is 2. The van der Waals surface area contributed by atoms with Gasteiger partial charge in [-0.15, -0.1) is 0 Å². The summed E-state index contributed by atoms with van der Waals surface area (Å²) in [4.78, 5) is 11.1. The molecule has 4 heteroatoms. The Kier molecular flexibility index (Phi) is 4.74. The molecule has 0 aliphatic rings. The lowest BCUT2D eigenvalue weighted by Crippen LogP contribution is -2.37. The molecular formula is C16H17NO3. The van der Waals surface area contributed by atoms with Gasteiger partial charge in [0.2, 0.25) is 0 Å². The van der Waals surface area contributed by atoms with Gasteiger partial charge in [-0.25, -0.2) is 0 Å². The van der Waals surface area contributed by atoms with Gasteiger partial charge in [0, 0.05) is 0 Å². The molecule has 104 valence electrons. The van der Waals surface area contributed by atoms with Gasteiger partial charge in [-0.05, 0) is 23.3 Å². The number of methoxy groups -OCH3 is 1. The highest BCUT2D eigenvalue weighted by molar-refractivity contribution is 5.75. The molecule has 0 radical (unpaired) electrons. The van der Waals surface area contributed by atoms with Gasteiger partial charge in [0.1, 0.15) is 18.4 Å². The SMILES string of the molecule is COC(=O)C(N)COc1ccc(-c2ccccc2)cc1. The summed E-state index contributed by atoms with van der Waals surface area (Å²) >= 11 is 0. The third-order valence-corrected chi connectivity index (χ3v) is 2.89. The van der Waals surface area contributed by atoms with E-state index >= 15 is 0 Å². The molecule has 0 saturated heterocycles. The van der Waals surface area contributed by atoms with E-state index in [1.807, 2.05) is 54.6 Å². The first-order valence-electron chi connectivity index (χ1n) is 6.32. The van der Waals surface area contributed by atoms with Gasteiger partial charge in [0.15, 0.2) is 0 Å². The molecule has 2 aromatic carbocycles. The zero-order valence-electron chi connectivity index (χ0n) is 11.3. The first kappa shape index (κ1) is 14.1. The molecule has 1 unspecified atom stereocenters. The Labute approximate surface area is 118 Å². The highest BCUT2D eigenvalue weighted by Crippen LogP contribution is 2.22. The van der Waals surface area contributed by atoms with Gasteiger partial charge < -0.3 is 15.2 Å². The maximum atomic E-state index is 11.1. The predicted molar refractivity (Wildman–Crippen MR) is 77.4 cm³/mol. The molecule has 0 bridgehead atoms. The summed E-state index contributed by atoms with van der Waals surface area (Å²) in [5.41, 5.74) is 7.85. The molecule has 2 aromatic rings. The lowest BCUT2D eigenvalue weighted by atomic mass is 10.1. The van der Waals surface area contributed by atoms with E-state index in [1.54, 1.807) is 0 Å². The second-order valence-electron chi connectivity index (χ2n) is 4.33. The minimum Gasteiger partial charge on any atom is -0.491 e. The lowest BCUT2D eigenvalue weighted by molar-refractivity contribution is -0.142. The van der Waals surface area contributed by atoms with Crippen molar-refractivity contribution in [3.63, 3.8) is 0 Å². The van der Waals surface area contributed by atoms with Crippen LogP contribution in [0.4, 0.5) is 0 Å². The van der Waals surface area contributed by atoms with E-state index in [-0.39, 0.29) is 6.61 Å². The molecule has 0 aliphatic heterocycles. The van der Waals surface area contributed by atoms with Crippen LogP contribution in [-0.2, 0) is 9.53 Å². The van der Waals surface area contributed by atoms with Crippen LogP contribution in [0.15, 0.2) is 54.6 Å². The maximum Gasteiger partial charge on any atom is 0.326 e. The summed E-state index contributed by atoms with van der Waals surface area (Å²) in [5.74, 6) is 0.190. The van der Waals surface area contributed by atoms with Crippen molar-refractivity contribution in [3.05, 3.63) is 54.6 Å². The quantitative estimate of drug-likeness (QED) is 0.847. The molecule has 20 heavy (non-hydrogen) atoms. The molecule has 2 rings (SSSR count). The van der Waals surface area contributed by atoms with Gasteiger partial charge in [-0.2, -0.15) is 0 Å². The van der Waals surface area contributed by atoms with Gasteiger partial charge in [-0.3, -0.25) is 4.79 Å². The Morgan fingerprint density at radius 2 is 1.65 bits per heavy atom. The topological polar surface area (TPSA) is 61.5 Å². The van der Waals surface area contributed by atoms with E-state index in [0.717, 1.165) is 11.1 Å². The average Bonchev–Trinajstić information content (AvgIpc) is 2.53. The molecule has 0 heterocycles.